The van der Waals surface area contributed by atoms with E-state index in [9.17, 15) is 0 Å². The van der Waals surface area contributed by atoms with Crippen LogP contribution in [-0.4, -0.2) is 195 Å². The molecule has 2 rings (SSSR count). The Morgan fingerprint density at radius 1 is 0.188 bits per heavy atom. The van der Waals surface area contributed by atoms with Crippen LogP contribution in [0.1, 0.15) is 0 Å². The van der Waals surface area contributed by atoms with E-state index in [1.54, 1.807) is 0 Å². The van der Waals surface area contributed by atoms with Crippen LogP contribution in [0.2, 0.25) is 0 Å². The summed E-state index contributed by atoms with van der Waals surface area (Å²) in [7, 11) is 0. The van der Waals surface area contributed by atoms with Crippen LogP contribution in [0.15, 0.2) is 0 Å². The van der Waals surface area contributed by atoms with Gasteiger partial charge < -0.3 is 47.4 Å². The molecule has 0 aromatic carbocycles. The zero-order valence-corrected chi connectivity index (χ0v) is 26.5. The molecular weight excluding hydrogens is 478 g/mol. The van der Waals surface area contributed by atoms with E-state index in [1.165, 1.54) is 63.2 Å². The number of rotatable bonds is 0. The molecule has 2 aliphatic heterocycles. The first-order valence-corrected chi connectivity index (χ1v) is 27.8. The molecule has 0 amide bonds. The predicted octanol–water partition coefficient (Wildman–Crippen LogP) is -0.596. The van der Waals surface area contributed by atoms with Crippen LogP contribution in [0.3, 0.4) is 0 Å². The van der Waals surface area contributed by atoms with Gasteiger partial charge in [-0.25, -0.2) is 0 Å². The summed E-state index contributed by atoms with van der Waals surface area (Å²) in [4.78, 5) is 0. The Labute approximate surface area is 238 Å². The molecule has 0 aromatic heterocycles. The first-order valence-electron chi connectivity index (χ1n) is 11.8. The van der Waals surface area contributed by atoms with Crippen molar-refractivity contribution in [2.45, 2.75) is 0 Å². The van der Waals surface area contributed by atoms with E-state index in [-0.39, 0.29) is 0 Å². The van der Waals surface area contributed by atoms with Gasteiger partial charge in [0.25, 0.3) is 0 Å². The van der Waals surface area contributed by atoms with Crippen molar-refractivity contribution in [2.24, 2.45) is 0 Å². The van der Waals surface area contributed by atoms with E-state index in [1.807, 2.05) is 0 Å². The van der Waals surface area contributed by atoms with Crippen molar-refractivity contribution in [1.29, 1.82) is 0 Å². The Bertz CT molecular complexity index is 186. The van der Waals surface area contributed by atoms with E-state index >= 15 is 0 Å². The summed E-state index contributed by atoms with van der Waals surface area (Å²) in [5.74, 6) is 0. The van der Waals surface area contributed by atoms with Crippen molar-refractivity contribution < 1.29 is 47.4 Å². The third-order valence-electron chi connectivity index (χ3n) is 3.72. The third-order valence-corrected chi connectivity index (χ3v) is 3.72. The second kappa shape index (κ2) is 33.9. The molecule has 0 spiro atoms. The van der Waals surface area contributed by atoms with Crippen molar-refractivity contribution in [3.63, 3.8) is 0 Å². The minimum absolute atomic E-state index is 0.611. The van der Waals surface area contributed by atoms with E-state index in [0.29, 0.717) is 132 Å². The summed E-state index contributed by atoms with van der Waals surface area (Å²) < 4.78 is 52.8. The standard InChI is InChI=1S/2C10H20O5.2K/c2*1-2-12-5-6-14-9-10-15-8-7-13-4-3-11-1;;/h2*1-10H2;;. The van der Waals surface area contributed by atoms with Gasteiger partial charge >= 0.3 is 63.2 Å². The van der Waals surface area contributed by atoms with E-state index in [0.717, 1.165) is 0 Å². The van der Waals surface area contributed by atoms with Gasteiger partial charge in [-0.15, -0.1) is 0 Å². The summed E-state index contributed by atoms with van der Waals surface area (Å²) in [5.41, 5.74) is 0. The molecule has 0 radical (unpaired) electrons. The molecule has 182 valence electrons. The molecule has 2 saturated heterocycles. The second-order valence-corrected chi connectivity index (χ2v) is 6.12. The van der Waals surface area contributed by atoms with E-state index < -0.39 is 0 Å². The van der Waals surface area contributed by atoms with Crippen molar-refractivity contribution in [3.8, 4) is 0 Å². The average Bonchev–Trinajstić information content (AvgIpc) is 2.85. The summed E-state index contributed by atoms with van der Waals surface area (Å²) >= 11 is 2.50. The molecule has 0 aromatic rings. The summed E-state index contributed by atoms with van der Waals surface area (Å²) in [5, 5.41) is 0. The average molecular weight is 519 g/mol. The third kappa shape index (κ3) is 30.9. The van der Waals surface area contributed by atoms with E-state index in [4.69, 9.17) is 47.4 Å². The maximum atomic E-state index is 5.28. The van der Waals surface area contributed by atoms with Gasteiger partial charge in [0.05, 0.1) is 132 Å². The van der Waals surface area contributed by atoms with Crippen molar-refractivity contribution in [1.82, 2.24) is 0 Å². The molecule has 0 N–H and O–H groups in total. The molecule has 2 fully saturated rings. The normalized spacial score (nSPS) is 22.8. The van der Waals surface area contributed by atoms with Crippen LogP contribution in [0.5, 0.6) is 0 Å². The molecular formula is C20H40K2O10. The predicted molar refractivity (Wildman–Crippen MR) is 120 cm³/mol. The van der Waals surface area contributed by atoms with Crippen molar-refractivity contribution in [2.75, 3.05) is 132 Å². The number of hydrogen-bond acceptors (Lipinski definition) is 10. The molecule has 0 unspecified atom stereocenters. The fraction of sp³-hybridized carbons (Fsp3) is 1.00. The molecule has 2 heterocycles. The topological polar surface area (TPSA) is 92.3 Å². The van der Waals surface area contributed by atoms with Gasteiger partial charge in [-0.1, -0.05) is 0 Å². The van der Waals surface area contributed by atoms with Crippen LogP contribution in [-0.2, 0) is 47.4 Å². The van der Waals surface area contributed by atoms with Gasteiger partial charge in [-0.3, -0.25) is 0 Å². The summed E-state index contributed by atoms with van der Waals surface area (Å²) in [6, 6.07) is 0. The van der Waals surface area contributed by atoms with Gasteiger partial charge in [0.1, 0.15) is 0 Å². The Kier molecular flexibility index (Phi) is 36.9. The second-order valence-electron chi connectivity index (χ2n) is 6.12. The Morgan fingerprint density at radius 3 is 0.312 bits per heavy atom. The summed E-state index contributed by atoms with van der Waals surface area (Å²) in [6.07, 6.45) is 0. The SMILES string of the molecule is C1COCCOCCOCCOCCO1.C1COCCOCCOCCOCCO1.[K][K]. The maximum absolute atomic E-state index is 5.28. The van der Waals surface area contributed by atoms with E-state index in [2.05, 4.69) is 0 Å². The van der Waals surface area contributed by atoms with Crippen LogP contribution < -0.4 is 0 Å². The number of hydrogen-bond donors (Lipinski definition) is 0. The van der Waals surface area contributed by atoms with Gasteiger partial charge in [-0.2, -0.15) is 0 Å². The quantitative estimate of drug-likeness (QED) is 0.387. The monoisotopic (exact) mass is 518 g/mol. The van der Waals surface area contributed by atoms with Gasteiger partial charge in [-0.05, 0) is 0 Å². The zero-order chi connectivity index (χ0) is 23.2. The molecule has 0 aliphatic carbocycles. The fourth-order valence-corrected chi connectivity index (χ4v) is 2.20. The van der Waals surface area contributed by atoms with Gasteiger partial charge in [0.15, 0.2) is 0 Å². The fourth-order valence-electron chi connectivity index (χ4n) is 2.20. The molecule has 12 heteroatoms. The van der Waals surface area contributed by atoms with Crippen LogP contribution in [0.25, 0.3) is 0 Å². The Morgan fingerprint density at radius 2 is 0.250 bits per heavy atom. The van der Waals surface area contributed by atoms with Crippen LogP contribution in [0.4, 0.5) is 0 Å². The molecule has 0 saturated carbocycles. The Balaban J connectivity index is 0.000000557. The molecule has 32 heavy (non-hydrogen) atoms. The minimum atomic E-state index is 0.611. The number of ether oxygens (including phenoxy) is 10. The van der Waals surface area contributed by atoms with Crippen LogP contribution >= 0.6 is 0 Å². The molecule has 0 bridgehead atoms. The van der Waals surface area contributed by atoms with Crippen LogP contribution in [0, 0.1) is 0 Å². The first kappa shape index (κ1) is 34.9. The Hall–Kier alpha value is 2.87. The van der Waals surface area contributed by atoms with Gasteiger partial charge in [0.2, 0.25) is 0 Å². The molecule has 2 aliphatic rings. The summed E-state index contributed by atoms with van der Waals surface area (Å²) in [6.45, 7) is 12.2. The zero-order valence-electron chi connectivity index (χ0n) is 20.2. The first-order chi connectivity index (χ1) is 16.0. The van der Waals surface area contributed by atoms with Crippen molar-refractivity contribution in [3.05, 3.63) is 0 Å². The molecule has 10 nitrogen and oxygen atoms in total. The van der Waals surface area contributed by atoms with Gasteiger partial charge in [0, 0.05) is 0 Å². The van der Waals surface area contributed by atoms with Crippen molar-refractivity contribution >= 4 is 63.2 Å². The molecule has 0 atom stereocenters.